The summed E-state index contributed by atoms with van der Waals surface area (Å²) in [5, 5.41) is 20.5. The Kier molecular flexibility index (Phi) is 3.32. The normalized spacial score (nSPS) is 11.8. The first-order valence-electron chi connectivity index (χ1n) is 4.34. The first-order valence-corrected chi connectivity index (χ1v) is 4.34. The lowest BCUT2D eigenvalue weighted by Gasteiger charge is -2.14. The van der Waals surface area contributed by atoms with Crippen molar-refractivity contribution in [3.63, 3.8) is 0 Å². The van der Waals surface area contributed by atoms with Gasteiger partial charge in [0.1, 0.15) is 0 Å². The molecular formula is C10H13N3O. The number of rotatable bonds is 3. The number of nitrogens with two attached hydrogens (primary N) is 1. The van der Waals surface area contributed by atoms with Crippen molar-refractivity contribution in [2.24, 2.45) is 0 Å². The summed E-state index contributed by atoms with van der Waals surface area (Å²) in [5.74, 6) is 0. The zero-order chi connectivity index (χ0) is 10.6. The van der Waals surface area contributed by atoms with E-state index in [4.69, 9.17) is 16.1 Å². The fourth-order valence-electron chi connectivity index (χ4n) is 1.07. The zero-order valence-corrected chi connectivity index (χ0v) is 7.99. The molecule has 0 aliphatic heterocycles. The summed E-state index contributed by atoms with van der Waals surface area (Å²) >= 11 is 0. The number of anilines is 2. The SMILES string of the molecule is CC(CO)Nc1ccc(C#N)cc1N. The maximum Gasteiger partial charge on any atom is 0.0992 e. The molecule has 14 heavy (non-hydrogen) atoms. The molecule has 0 bridgehead atoms. The van der Waals surface area contributed by atoms with Crippen molar-refractivity contribution >= 4 is 11.4 Å². The summed E-state index contributed by atoms with van der Waals surface area (Å²) in [6.07, 6.45) is 0. The highest BCUT2D eigenvalue weighted by Gasteiger charge is 2.03. The van der Waals surface area contributed by atoms with Crippen LogP contribution in [0.3, 0.4) is 0 Å². The molecule has 0 saturated carbocycles. The van der Waals surface area contributed by atoms with E-state index < -0.39 is 0 Å². The van der Waals surface area contributed by atoms with Crippen molar-refractivity contribution in [3.05, 3.63) is 23.8 Å². The van der Waals surface area contributed by atoms with Gasteiger partial charge in [0, 0.05) is 6.04 Å². The molecular weight excluding hydrogens is 178 g/mol. The standard InChI is InChI=1S/C10H13N3O/c1-7(6-14)13-10-3-2-8(5-11)4-9(10)12/h2-4,7,13-14H,6,12H2,1H3. The van der Waals surface area contributed by atoms with Gasteiger partial charge < -0.3 is 16.2 Å². The van der Waals surface area contributed by atoms with Crippen molar-refractivity contribution in [2.75, 3.05) is 17.7 Å². The first-order chi connectivity index (χ1) is 6.67. The Morgan fingerprint density at radius 2 is 2.36 bits per heavy atom. The average molecular weight is 191 g/mol. The van der Waals surface area contributed by atoms with Crippen LogP contribution in [0.1, 0.15) is 12.5 Å². The number of hydrogen-bond donors (Lipinski definition) is 3. The predicted octanol–water partition coefficient (Wildman–Crippen LogP) is 0.933. The van der Waals surface area contributed by atoms with Crippen LogP contribution in [0.25, 0.3) is 0 Å². The Morgan fingerprint density at radius 3 is 2.86 bits per heavy atom. The number of nitrogens with zero attached hydrogens (tertiary/aromatic N) is 1. The number of nitrogens with one attached hydrogen (secondary N) is 1. The third-order valence-corrected chi connectivity index (χ3v) is 1.86. The third kappa shape index (κ3) is 2.38. The second-order valence-corrected chi connectivity index (χ2v) is 3.14. The second-order valence-electron chi connectivity index (χ2n) is 3.14. The molecule has 0 saturated heterocycles. The van der Waals surface area contributed by atoms with Gasteiger partial charge in [-0.2, -0.15) is 5.26 Å². The van der Waals surface area contributed by atoms with Crippen LogP contribution in [0.2, 0.25) is 0 Å². The molecule has 0 spiro atoms. The fraction of sp³-hybridized carbons (Fsp3) is 0.300. The van der Waals surface area contributed by atoms with Crippen LogP contribution >= 0.6 is 0 Å². The zero-order valence-electron chi connectivity index (χ0n) is 7.99. The predicted molar refractivity (Wildman–Crippen MR) is 55.7 cm³/mol. The van der Waals surface area contributed by atoms with E-state index in [0.717, 1.165) is 5.69 Å². The molecule has 1 rings (SSSR count). The van der Waals surface area contributed by atoms with Crippen LogP contribution in [0.5, 0.6) is 0 Å². The smallest absolute Gasteiger partial charge is 0.0992 e. The maximum absolute atomic E-state index is 8.83. The third-order valence-electron chi connectivity index (χ3n) is 1.86. The van der Waals surface area contributed by atoms with Gasteiger partial charge in [-0.25, -0.2) is 0 Å². The van der Waals surface area contributed by atoms with Gasteiger partial charge >= 0.3 is 0 Å². The Labute approximate surface area is 83.0 Å². The Morgan fingerprint density at radius 1 is 1.64 bits per heavy atom. The van der Waals surface area contributed by atoms with Crippen LogP contribution in [0.4, 0.5) is 11.4 Å². The van der Waals surface area contributed by atoms with E-state index in [1.165, 1.54) is 0 Å². The van der Waals surface area contributed by atoms with Crippen molar-refractivity contribution in [3.8, 4) is 6.07 Å². The van der Waals surface area contributed by atoms with Gasteiger partial charge in [0.25, 0.3) is 0 Å². The van der Waals surface area contributed by atoms with E-state index in [0.29, 0.717) is 11.3 Å². The summed E-state index contributed by atoms with van der Waals surface area (Å²) in [4.78, 5) is 0. The topological polar surface area (TPSA) is 82.1 Å². The van der Waals surface area contributed by atoms with Gasteiger partial charge in [0.2, 0.25) is 0 Å². The van der Waals surface area contributed by atoms with Crippen molar-refractivity contribution in [1.29, 1.82) is 5.26 Å². The Bertz CT molecular complexity index is 357. The molecule has 0 aliphatic rings. The van der Waals surface area contributed by atoms with E-state index >= 15 is 0 Å². The molecule has 1 atom stereocenters. The van der Waals surface area contributed by atoms with Crippen molar-refractivity contribution in [1.82, 2.24) is 0 Å². The molecule has 74 valence electrons. The number of hydrogen-bond acceptors (Lipinski definition) is 4. The lowest BCUT2D eigenvalue weighted by Crippen LogP contribution is -2.19. The van der Waals surface area contributed by atoms with Gasteiger partial charge in [-0.3, -0.25) is 0 Å². The lowest BCUT2D eigenvalue weighted by atomic mass is 10.2. The summed E-state index contributed by atoms with van der Waals surface area (Å²) in [6, 6.07) is 6.98. The molecule has 4 N–H and O–H groups in total. The first kappa shape index (κ1) is 10.4. The summed E-state index contributed by atoms with van der Waals surface area (Å²) in [7, 11) is 0. The summed E-state index contributed by atoms with van der Waals surface area (Å²) in [5.41, 5.74) is 7.50. The Balaban J connectivity index is 2.85. The summed E-state index contributed by atoms with van der Waals surface area (Å²) < 4.78 is 0. The molecule has 1 aromatic carbocycles. The highest BCUT2D eigenvalue weighted by molar-refractivity contribution is 5.68. The van der Waals surface area contributed by atoms with E-state index in [2.05, 4.69) is 5.32 Å². The molecule has 0 heterocycles. The largest absolute Gasteiger partial charge is 0.397 e. The minimum absolute atomic E-state index is 0.0411. The number of nitrogen functional groups attached to an aromatic ring is 1. The molecule has 0 fully saturated rings. The quantitative estimate of drug-likeness (QED) is 0.621. The van der Waals surface area contributed by atoms with E-state index in [1.807, 2.05) is 13.0 Å². The number of aliphatic hydroxyl groups is 1. The van der Waals surface area contributed by atoms with Crippen LogP contribution in [-0.4, -0.2) is 17.8 Å². The van der Waals surface area contributed by atoms with Crippen LogP contribution in [-0.2, 0) is 0 Å². The van der Waals surface area contributed by atoms with E-state index in [9.17, 15) is 0 Å². The fourth-order valence-corrected chi connectivity index (χ4v) is 1.07. The Hall–Kier alpha value is -1.73. The van der Waals surface area contributed by atoms with Gasteiger partial charge in [-0.05, 0) is 25.1 Å². The molecule has 0 aliphatic carbocycles. The van der Waals surface area contributed by atoms with Crippen LogP contribution in [0, 0.1) is 11.3 Å². The average Bonchev–Trinajstić information content (AvgIpc) is 2.20. The van der Waals surface area contributed by atoms with Gasteiger partial charge in [-0.1, -0.05) is 0 Å². The molecule has 0 radical (unpaired) electrons. The van der Waals surface area contributed by atoms with Crippen molar-refractivity contribution in [2.45, 2.75) is 13.0 Å². The summed E-state index contributed by atoms with van der Waals surface area (Å²) in [6.45, 7) is 1.89. The number of aliphatic hydroxyl groups excluding tert-OH is 1. The molecule has 4 heteroatoms. The number of nitriles is 1. The van der Waals surface area contributed by atoms with Crippen molar-refractivity contribution < 1.29 is 5.11 Å². The minimum atomic E-state index is -0.0507. The van der Waals surface area contributed by atoms with E-state index in [-0.39, 0.29) is 12.6 Å². The van der Waals surface area contributed by atoms with Gasteiger partial charge in [-0.15, -0.1) is 0 Å². The molecule has 4 nitrogen and oxygen atoms in total. The molecule has 0 aromatic heterocycles. The van der Waals surface area contributed by atoms with Gasteiger partial charge in [0.05, 0.1) is 29.6 Å². The molecule has 1 unspecified atom stereocenters. The van der Waals surface area contributed by atoms with Crippen LogP contribution < -0.4 is 11.1 Å². The molecule has 1 aromatic rings. The minimum Gasteiger partial charge on any atom is -0.397 e. The van der Waals surface area contributed by atoms with Crippen LogP contribution in [0.15, 0.2) is 18.2 Å². The second kappa shape index (κ2) is 4.49. The van der Waals surface area contributed by atoms with Gasteiger partial charge in [0.15, 0.2) is 0 Å². The highest BCUT2D eigenvalue weighted by Crippen LogP contribution is 2.20. The van der Waals surface area contributed by atoms with E-state index in [1.54, 1.807) is 18.2 Å². The number of benzene rings is 1. The lowest BCUT2D eigenvalue weighted by molar-refractivity contribution is 0.281. The maximum atomic E-state index is 8.83. The monoisotopic (exact) mass is 191 g/mol. The highest BCUT2D eigenvalue weighted by atomic mass is 16.3. The molecule has 0 amide bonds.